The summed E-state index contributed by atoms with van der Waals surface area (Å²) in [6.45, 7) is -0.619. The summed E-state index contributed by atoms with van der Waals surface area (Å²) in [5, 5.41) is 18.2. The summed E-state index contributed by atoms with van der Waals surface area (Å²) in [5.74, 6) is -0.426. The Morgan fingerprint density at radius 3 is 2.85 bits per heavy atom. The second kappa shape index (κ2) is 2.82. The van der Waals surface area contributed by atoms with E-state index in [9.17, 15) is 9.90 Å². The zero-order valence-corrected chi connectivity index (χ0v) is 7.14. The molecule has 72 valence electrons. The highest BCUT2D eigenvalue weighted by molar-refractivity contribution is 5.81. The van der Waals surface area contributed by atoms with Crippen LogP contribution in [0.25, 0.3) is 0 Å². The molecule has 13 heavy (non-hydrogen) atoms. The number of ether oxygens (including phenoxy) is 1. The lowest BCUT2D eigenvalue weighted by Gasteiger charge is -2.23. The molecule has 0 saturated heterocycles. The van der Waals surface area contributed by atoms with E-state index in [2.05, 4.69) is 4.74 Å². The van der Waals surface area contributed by atoms with Crippen LogP contribution >= 0.6 is 0 Å². The van der Waals surface area contributed by atoms with Gasteiger partial charge in [-0.25, -0.2) is 0 Å². The highest BCUT2D eigenvalue weighted by Gasteiger charge is 2.55. The summed E-state index contributed by atoms with van der Waals surface area (Å²) in [4.78, 5) is 11.4. The minimum absolute atomic E-state index is 0.0891. The van der Waals surface area contributed by atoms with Gasteiger partial charge in [0.2, 0.25) is 0 Å². The number of carbonyl (C=O) groups excluding carboxylic acids is 1. The molecule has 2 rings (SSSR count). The molecule has 0 heterocycles. The van der Waals surface area contributed by atoms with Crippen LogP contribution in [0.2, 0.25) is 0 Å². The first-order chi connectivity index (χ1) is 6.20. The van der Waals surface area contributed by atoms with Gasteiger partial charge >= 0.3 is 5.97 Å². The summed E-state index contributed by atoms with van der Waals surface area (Å²) in [5.41, 5.74) is -0.868. The third kappa shape index (κ3) is 1.02. The predicted molar refractivity (Wildman–Crippen MR) is 43.5 cm³/mol. The molecule has 2 N–H and O–H groups in total. The predicted octanol–water partition coefficient (Wildman–Crippen LogP) is -0.193. The Labute approximate surface area is 75.8 Å². The summed E-state index contributed by atoms with van der Waals surface area (Å²) in [6.07, 6.45) is 4.34. The normalized spacial score (nSPS) is 41.1. The number of esters is 1. The van der Waals surface area contributed by atoms with Gasteiger partial charge in [0, 0.05) is 5.92 Å². The van der Waals surface area contributed by atoms with Crippen molar-refractivity contribution in [1.29, 1.82) is 0 Å². The zero-order valence-electron chi connectivity index (χ0n) is 7.14. The Kier molecular flexibility index (Phi) is 1.89. The maximum atomic E-state index is 11.4. The maximum Gasteiger partial charge on any atom is 0.320 e. The SMILES string of the molecule is O=C(OCO)C12C=CC(CC1)C2O. The average Bonchev–Trinajstić information content (AvgIpc) is 2.62. The Balaban J connectivity index is 2.20. The Morgan fingerprint density at radius 2 is 2.46 bits per heavy atom. The van der Waals surface area contributed by atoms with Crippen LogP contribution in [0, 0.1) is 11.3 Å². The third-order valence-electron chi connectivity index (χ3n) is 3.04. The van der Waals surface area contributed by atoms with Crippen LogP contribution in [0.3, 0.4) is 0 Å². The van der Waals surface area contributed by atoms with E-state index < -0.39 is 24.3 Å². The Bertz CT molecular complexity index is 260. The third-order valence-corrected chi connectivity index (χ3v) is 3.04. The van der Waals surface area contributed by atoms with Gasteiger partial charge in [-0.1, -0.05) is 12.2 Å². The minimum Gasteiger partial charge on any atom is -0.438 e. The second-order valence-corrected chi connectivity index (χ2v) is 3.61. The second-order valence-electron chi connectivity index (χ2n) is 3.61. The van der Waals surface area contributed by atoms with E-state index in [1.54, 1.807) is 6.08 Å². The van der Waals surface area contributed by atoms with Crippen LogP contribution < -0.4 is 0 Å². The van der Waals surface area contributed by atoms with Gasteiger partial charge in [0.25, 0.3) is 0 Å². The topological polar surface area (TPSA) is 66.8 Å². The molecule has 4 heteroatoms. The quantitative estimate of drug-likeness (QED) is 0.354. The highest BCUT2D eigenvalue weighted by atomic mass is 16.6. The van der Waals surface area contributed by atoms with Crippen molar-refractivity contribution in [1.82, 2.24) is 0 Å². The number of aliphatic hydroxyl groups is 2. The Hall–Kier alpha value is -0.870. The van der Waals surface area contributed by atoms with E-state index in [-0.39, 0.29) is 5.92 Å². The van der Waals surface area contributed by atoms with Crippen molar-refractivity contribution in [3.63, 3.8) is 0 Å². The smallest absolute Gasteiger partial charge is 0.320 e. The lowest BCUT2D eigenvalue weighted by Crippen LogP contribution is -2.37. The van der Waals surface area contributed by atoms with E-state index in [0.717, 1.165) is 6.42 Å². The lowest BCUT2D eigenvalue weighted by molar-refractivity contribution is -0.165. The van der Waals surface area contributed by atoms with Crippen molar-refractivity contribution in [2.45, 2.75) is 18.9 Å². The van der Waals surface area contributed by atoms with Crippen LogP contribution in [0.1, 0.15) is 12.8 Å². The van der Waals surface area contributed by atoms with Crippen LogP contribution in [0.4, 0.5) is 0 Å². The summed E-state index contributed by atoms with van der Waals surface area (Å²) < 4.78 is 4.52. The van der Waals surface area contributed by atoms with Crippen LogP contribution in [-0.2, 0) is 9.53 Å². The fourth-order valence-electron chi connectivity index (χ4n) is 2.26. The summed E-state index contributed by atoms with van der Waals surface area (Å²) in [7, 11) is 0. The molecule has 0 aromatic rings. The molecule has 1 fully saturated rings. The van der Waals surface area contributed by atoms with Gasteiger partial charge in [-0.05, 0) is 12.8 Å². The first-order valence-corrected chi connectivity index (χ1v) is 4.36. The number of rotatable bonds is 2. The molecule has 3 unspecified atom stereocenters. The van der Waals surface area contributed by atoms with Crippen LogP contribution in [-0.4, -0.2) is 29.1 Å². The fourth-order valence-corrected chi connectivity index (χ4v) is 2.26. The molecular weight excluding hydrogens is 172 g/mol. The number of hydrogen-bond acceptors (Lipinski definition) is 4. The van der Waals surface area contributed by atoms with E-state index in [1.807, 2.05) is 6.08 Å². The van der Waals surface area contributed by atoms with Crippen LogP contribution in [0.5, 0.6) is 0 Å². The largest absolute Gasteiger partial charge is 0.438 e. The van der Waals surface area contributed by atoms with E-state index in [4.69, 9.17) is 5.11 Å². The molecular formula is C9H12O4. The lowest BCUT2D eigenvalue weighted by atomic mass is 9.86. The standard InChI is InChI=1S/C9H12O4/c10-5-13-8(12)9-3-1-6(2-4-9)7(9)11/h1,3,6-7,10-11H,2,4-5H2. The minimum atomic E-state index is -0.868. The van der Waals surface area contributed by atoms with Gasteiger partial charge in [-0.2, -0.15) is 0 Å². The van der Waals surface area contributed by atoms with Crippen molar-refractivity contribution < 1.29 is 19.7 Å². The van der Waals surface area contributed by atoms with Crippen molar-refractivity contribution >= 4 is 5.97 Å². The molecule has 1 saturated carbocycles. The highest BCUT2D eigenvalue weighted by Crippen LogP contribution is 2.49. The van der Waals surface area contributed by atoms with Crippen molar-refractivity contribution in [2.24, 2.45) is 11.3 Å². The van der Waals surface area contributed by atoms with Crippen molar-refractivity contribution in [3.05, 3.63) is 12.2 Å². The molecule has 0 aromatic carbocycles. The molecule has 2 aliphatic rings. The molecule has 0 amide bonds. The molecule has 3 atom stereocenters. The summed E-state index contributed by atoms with van der Waals surface area (Å²) >= 11 is 0. The molecule has 0 radical (unpaired) electrons. The Morgan fingerprint density at radius 1 is 1.69 bits per heavy atom. The molecule has 0 aliphatic heterocycles. The number of carbonyl (C=O) groups is 1. The number of aliphatic hydroxyl groups excluding tert-OH is 2. The van der Waals surface area contributed by atoms with E-state index in [1.165, 1.54) is 0 Å². The number of fused-ring (bicyclic) bond motifs is 2. The van der Waals surface area contributed by atoms with Crippen molar-refractivity contribution in [2.75, 3.05) is 6.79 Å². The van der Waals surface area contributed by atoms with Gasteiger partial charge in [-0.15, -0.1) is 0 Å². The number of hydrogen-bond donors (Lipinski definition) is 2. The van der Waals surface area contributed by atoms with Gasteiger partial charge < -0.3 is 14.9 Å². The summed E-state index contributed by atoms with van der Waals surface area (Å²) in [6, 6.07) is 0. The maximum absolute atomic E-state index is 11.4. The monoisotopic (exact) mass is 184 g/mol. The van der Waals surface area contributed by atoms with Gasteiger partial charge in [0.15, 0.2) is 6.79 Å². The molecule has 0 aromatic heterocycles. The van der Waals surface area contributed by atoms with Gasteiger partial charge in [0.05, 0.1) is 6.10 Å². The molecule has 2 bridgehead atoms. The molecule has 0 spiro atoms. The van der Waals surface area contributed by atoms with Gasteiger partial charge in [-0.3, -0.25) is 4.79 Å². The van der Waals surface area contributed by atoms with E-state index in [0.29, 0.717) is 6.42 Å². The first-order valence-electron chi connectivity index (χ1n) is 4.36. The van der Waals surface area contributed by atoms with Gasteiger partial charge in [0.1, 0.15) is 5.41 Å². The molecule has 4 nitrogen and oxygen atoms in total. The zero-order chi connectivity index (χ0) is 9.47. The van der Waals surface area contributed by atoms with E-state index >= 15 is 0 Å². The average molecular weight is 184 g/mol. The fraction of sp³-hybridized carbons (Fsp3) is 0.667. The molecule has 2 aliphatic carbocycles. The van der Waals surface area contributed by atoms with Crippen LogP contribution in [0.15, 0.2) is 12.2 Å². The van der Waals surface area contributed by atoms with Crippen molar-refractivity contribution in [3.8, 4) is 0 Å². The first kappa shape index (κ1) is 8.72.